The first-order valence-corrected chi connectivity index (χ1v) is 15.6. The number of likely N-dealkylation sites (tertiary alicyclic amines) is 2. The van der Waals surface area contributed by atoms with Gasteiger partial charge in [-0.1, -0.05) is 42.5 Å². The van der Waals surface area contributed by atoms with Gasteiger partial charge in [-0.3, -0.25) is 14.4 Å². The monoisotopic (exact) mass is 558 g/mol. The second kappa shape index (κ2) is 12.5. The van der Waals surface area contributed by atoms with E-state index < -0.39 is 5.97 Å². The number of hydrogen-bond donors (Lipinski definition) is 1. The molecule has 2 saturated heterocycles. The van der Waals surface area contributed by atoms with Crippen LogP contribution >= 0.6 is 0 Å². The molecule has 218 valence electrons. The van der Waals surface area contributed by atoms with E-state index in [1.54, 1.807) is 6.07 Å². The Morgan fingerprint density at radius 3 is 2.54 bits per heavy atom. The summed E-state index contributed by atoms with van der Waals surface area (Å²) in [5.41, 5.74) is 4.87. The fraction of sp³-hybridized carbons (Fsp3) is 0.529. The highest BCUT2D eigenvalue weighted by Crippen LogP contribution is 2.44. The van der Waals surface area contributed by atoms with Crippen LogP contribution in [0, 0.1) is 11.7 Å². The molecular formula is C34H43FN4O2. The summed E-state index contributed by atoms with van der Waals surface area (Å²) in [5.74, 6) is 0.278. The Bertz CT molecular complexity index is 1320. The van der Waals surface area contributed by atoms with Crippen LogP contribution in [-0.4, -0.2) is 68.9 Å². The van der Waals surface area contributed by atoms with Crippen LogP contribution in [0.2, 0.25) is 0 Å². The molecule has 0 radical (unpaired) electrons. The van der Waals surface area contributed by atoms with Gasteiger partial charge in [-0.2, -0.15) is 5.10 Å². The van der Waals surface area contributed by atoms with Crippen molar-refractivity contribution in [1.29, 1.82) is 0 Å². The summed E-state index contributed by atoms with van der Waals surface area (Å²) in [4.78, 5) is 16.8. The predicted molar refractivity (Wildman–Crippen MR) is 159 cm³/mol. The normalized spacial score (nSPS) is 26.1. The van der Waals surface area contributed by atoms with Crippen molar-refractivity contribution in [3.63, 3.8) is 0 Å². The smallest absolute Gasteiger partial charge is 0.320 e. The molecule has 0 bridgehead atoms. The van der Waals surface area contributed by atoms with E-state index in [1.807, 2.05) is 6.07 Å². The SMILES string of the molecule is CCn1nc(Cc2ccccc2)cc1C1CCN(CC2CC(N3CCCC3C(=O)O)CC2c2cccc(F)c2)CC1. The summed E-state index contributed by atoms with van der Waals surface area (Å²) < 4.78 is 16.5. The van der Waals surface area contributed by atoms with Crippen molar-refractivity contribution in [2.24, 2.45) is 5.92 Å². The molecule has 3 fully saturated rings. The fourth-order valence-corrected chi connectivity index (χ4v) is 7.91. The van der Waals surface area contributed by atoms with Crippen molar-refractivity contribution in [2.45, 2.75) is 82.3 Å². The van der Waals surface area contributed by atoms with E-state index in [4.69, 9.17) is 5.10 Å². The lowest BCUT2D eigenvalue weighted by atomic mass is 9.87. The number of hydrogen-bond acceptors (Lipinski definition) is 4. The summed E-state index contributed by atoms with van der Waals surface area (Å²) in [6.45, 7) is 7.00. The van der Waals surface area contributed by atoms with Crippen LogP contribution in [0.1, 0.15) is 79.8 Å². The zero-order valence-electron chi connectivity index (χ0n) is 24.2. The molecule has 1 saturated carbocycles. The highest BCUT2D eigenvalue weighted by Gasteiger charge is 2.44. The van der Waals surface area contributed by atoms with Gasteiger partial charge < -0.3 is 10.0 Å². The predicted octanol–water partition coefficient (Wildman–Crippen LogP) is 5.92. The first-order chi connectivity index (χ1) is 20.0. The summed E-state index contributed by atoms with van der Waals surface area (Å²) in [6, 6.07) is 19.9. The number of aliphatic carboxylic acids is 1. The first-order valence-electron chi connectivity index (χ1n) is 15.6. The van der Waals surface area contributed by atoms with Gasteiger partial charge in [0.2, 0.25) is 0 Å². The average Bonchev–Trinajstić information content (AvgIpc) is 3.72. The lowest BCUT2D eigenvalue weighted by Crippen LogP contribution is -2.42. The van der Waals surface area contributed by atoms with Crippen molar-refractivity contribution in [2.75, 3.05) is 26.2 Å². The number of piperidine rings is 1. The molecule has 3 heterocycles. The lowest BCUT2D eigenvalue weighted by molar-refractivity contribution is -0.142. The van der Waals surface area contributed by atoms with Crippen molar-refractivity contribution < 1.29 is 14.3 Å². The summed E-state index contributed by atoms with van der Waals surface area (Å²) >= 11 is 0. The van der Waals surface area contributed by atoms with E-state index in [2.05, 4.69) is 63.9 Å². The maximum absolute atomic E-state index is 14.3. The van der Waals surface area contributed by atoms with Crippen molar-refractivity contribution in [3.05, 3.63) is 89.0 Å². The van der Waals surface area contributed by atoms with Gasteiger partial charge in [-0.25, -0.2) is 4.39 Å². The molecule has 6 rings (SSSR count). The first kappa shape index (κ1) is 28.1. The molecule has 2 aliphatic heterocycles. The third-order valence-electron chi connectivity index (χ3n) is 9.88. The van der Waals surface area contributed by atoms with E-state index >= 15 is 0 Å². The van der Waals surface area contributed by atoms with E-state index in [9.17, 15) is 14.3 Å². The van der Waals surface area contributed by atoms with Crippen LogP contribution in [-0.2, 0) is 17.8 Å². The number of aromatic nitrogens is 2. The molecule has 6 nitrogen and oxygen atoms in total. The maximum Gasteiger partial charge on any atom is 0.320 e. The Morgan fingerprint density at radius 2 is 1.80 bits per heavy atom. The quantitative estimate of drug-likeness (QED) is 0.353. The topological polar surface area (TPSA) is 61.6 Å². The molecular weight excluding hydrogens is 515 g/mol. The minimum Gasteiger partial charge on any atom is -0.480 e. The second-order valence-electron chi connectivity index (χ2n) is 12.4. The molecule has 1 aromatic heterocycles. The van der Waals surface area contributed by atoms with Crippen LogP contribution in [0.4, 0.5) is 4.39 Å². The highest BCUT2D eigenvalue weighted by molar-refractivity contribution is 5.73. The largest absolute Gasteiger partial charge is 0.480 e. The van der Waals surface area contributed by atoms with E-state index in [1.165, 1.54) is 17.3 Å². The molecule has 0 spiro atoms. The van der Waals surface area contributed by atoms with Gasteiger partial charge in [-0.05, 0) is 106 Å². The molecule has 0 amide bonds. The van der Waals surface area contributed by atoms with E-state index in [0.717, 1.165) is 88.9 Å². The zero-order valence-corrected chi connectivity index (χ0v) is 24.2. The van der Waals surface area contributed by atoms with Crippen LogP contribution in [0.3, 0.4) is 0 Å². The molecule has 2 aromatic carbocycles. The fourth-order valence-electron chi connectivity index (χ4n) is 7.91. The van der Waals surface area contributed by atoms with Gasteiger partial charge in [0.1, 0.15) is 11.9 Å². The Morgan fingerprint density at radius 1 is 1.00 bits per heavy atom. The standard InChI is InChI=1S/C34H43FN4O2/c1-2-39-33(21-29(36-39)18-24-8-4-3-5-9-24)25-13-16-37(17-14-25)23-27-20-30(38-15-7-12-32(38)34(40)41)22-31(27)26-10-6-11-28(35)19-26/h3-6,8-11,19,21,25,27,30-32H,2,7,12-18,20,22-23H2,1H3,(H,40,41). The van der Waals surface area contributed by atoms with Gasteiger partial charge in [0.15, 0.2) is 0 Å². The lowest BCUT2D eigenvalue weighted by Gasteiger charge is -2.35. The number of carboxylic acids is 1. The highest BCUT2D eigenvalue weighted by atomic mass is 19.1. The van der Waals surface area contributed by atoms with Crippen LogP contribution in [0.5, 0.6) is 0 Å². The number of nitrogens with zero attached hydrogens (tertiary/aromatic N) is 4. The molecule has 3 aromatic rings. The molecule has 1 N–H and O–H groups in total. The van der Waals surface area contributed by atoms with Gasteiger partial charge in [0.05, 0.1) is 5.69 Å². The van der Waals surface area contributed by atoms with Gasteiger partial charge in [0.25, 0.3) is 0 Å². The van der Waals surface area contributed by atoms with Crippen LogP contribution in [0.25, 0.3) is 0 Å². The van der Waals surface area contributed by atoms with Crippen LogP contribution < -0.4 is 0 Å². The Hall–Kier alpha value is -3.03. The van der Waals surface area contributed by atoms with Gasteiger partial charge >= 0.3 is 5.97 Å². The summed E-state index contributed by atoms with van der Waals surface area (Å²) in [6.07, 6.45) is 6.66. The third-order valence-corrected chi connectivity index (χ3v) is 9.88. The van der Waals surface area contributed by atoms with Crippen LogP contribution in [0.15, 0.2) is 60.7 Å². The number of benzene rings is 2. The number of rotatable bonds is 9. The Balaban J connectivity index is 1.12. The minimum atomic E-state index is -0.700. The molecule has 41 heavy (non-hydrogen) atoms. The maximum atomic E-state index is 14.3. The molecule has 1 aliphatic carbocycles. The summed E-state index contributed by atoms with van der Waals surface area (Å²) in [5, 5.41) is 14.8. The average molecular weight is 559 g/mol. The van der Waals surface area contributed by atoms with E-state index in [0.29, 0.717) is 11.8 Å². The van der Waals surface area contributed by atoms with Crippen molar-refractivity contribution >= 4 is 5.97 Å². The number of carboxylic acid groups (broad SMARTS) is 1. The van der Waals surface area contributed by atoms with Gasteiger partial charge in [0, 0.05) is 37.2 Å². The molecule has 7 heteroatoms. The molecule has 4 atom stereocenters. The van der Waals surface area contributed by atoms with Gasteiger partial charge in [-0.15, -0.1) is 0 Å². The minimum absolute atomic E-state index is 0.186. The molecule has 4 unspecified atom stereocenters. The Kier molecular flexibility index (Phi) is 8.54. The molecule has 3 aliphatic rings. The zero-order chi connectivity index (χ0) is 28.3. The van der Waals surface area contributed by atoms with E-state index in [-0.39, 0.29) is 23.8 Å². The Labute approximate surface area is 243 Å². The number of halogens is 1. The third kappa shape index (κ3) is 6.26. The summed E-state index contributed by atoms with van der Waals surface area (Å²) in [7, 11) is 0. The number of carbonyl (C=O) groups is 1. The number of aryl methyl sites for hydroxylation is 1. The van der Waals surface area contributed by atoms with Crippen molar-refractivity contribution in [3.8, 4) is 0 Å². The van der Waals surface area contributed by atoms with Crippen molar-refractivity contribution in [1.82, 2.24) is 19.6 Å². The second-order valence-corrected chi connectivity index (χ2v) is 12.4.